The molecule has 142 valence electrons. The summed E-state index contributed by atoms with van der Waals surface area (Å²) >= 11 is 0. The molecule has 3 rings (SSSR count). The van der Waals surface area contributed by atoms with Gasteiger partial charge in [0, 0.05) is 31.6 Å². The van der Waals surface area contributed by atoms with Gasteiger partial charge in [0.15, 0.2) is 0 Å². The molecule has 0 spiro atoms. The van der Waals surface area contributed by atoms with E-state index >= 15 is 0 Å². The summed E-state index contributed by atoms with van der Waals surface area (Å²) in [5, 5.41) is 18.3. The minimum absolute atomic E-state index is 0.272. The van der Waals surface area contributed by atoms with Crippen LogP contribution in [0.25, 0.3) is 11.1 Å². The number of anilines is 1. The third-order valence-corrected chi connectivity index (χ3v) is 4.35. The van der Waals surface area contributed by atoms with Crippen LogP contribution < -0.4 is 10.6 Å². The normalized spacial score (nSPS) is 11.0. The minimum Gasteiger partial charge on any atom is -0.337 e. The first-order valence-corrected chi connectivity index (χ1v) is 8.99. The van der Waals surface area contributed by atoms with Crippen molar-refractivity contribution in [3.63, 3.8) is 0 Å². The molecule has 0 saturated carbocycles. The Kier molecular flexibility index (Phi) is 5.54. The smallest absolute Gasteiger partial charge is 0.320 e. The lowest BCUT2D eigenvalue weighted by atomic mass is 10.1. The van der Waals surface area contributed by atoms with Gasteiger partial charge in [-0.25, -0.2) is 4.79 Å². The fourth-order valence-corrected chi connectivity index (χ4v) is 3.07. The van der Waals surface area contributed by atoms with Crippen molar-refractivity contribution in [1.82, 2.24) is 29.9 Å². The number of carbonyl (C=O) groups is 1. The molecule has 0 bridgehead atoms. The highest BCUT2D eigenvalue weighted by atomic mass is 16.2. The lowest BCUT2D eigenvalue weighted by Gasteiger charge is -2.12. The van der Waals surface area contributed by atoms with E-state index in [1.165, 1.54) is 0 Å². The van der Waals surface area contributed by atoms with Crippen LogP contribution in [0.4, 0.5) is 10.6 Å². The van der Waals surface area contributed by atoms with Gasteiger partial charge in [-0.05, 0) is 26.3 Å². The number of nitrogens with one attached hydrogen (secondary N) is 2. The maximum absolute atomic E-state index is 12.4. The number of aryl methyl sites for hydroxylation is 2. The van der Waals surface area contributed by atoms with E-state index < -0.39 is 0 Å². The molecule has 3 aromatic rings. The van der Waals surface area contributed by atoms with Crippen LogP contribution in [-0.2, 0) is 13.5 Å². The Morgan fingerprint density at radius 1 is 1.22 bits per heavy atom. The summed E-state index contributed by atoms with van der Waals surface area (Å²) < 4.78 is 3.68. The molecule has 0 radical (unpaired) electrons. The SMILES string of the molecule is Cc1nn(C)c(NC(=O)NCCc2nncn2C(C)C)c1-c1ccccc1. The summed E-state index contributed by atoms with van der Waals surface area (Å²) in [4.78, 5) is 12.4. The van der Waals surface area contributed by atoms with Gasteiger partial charge in [0.1, 0.15) is 18.0 Å². The van der Waals surface area contributed by atoms with E-state index in [4.69, 9.17) is 0 Å². The van der Waals surface area contributed by atoms with Gasteiger partial charge >= 0.3 is 6.03 Å². The number of nitrogens with zero attached hydrogens (tertiary/aromatic N) is 5. The first kappa shape index (κ1) is 18.6. The van der Waals surface area contributed by atoms with Gasteiger partial charge in [-0.3, -0.25) is 10.00 Å². The molecular weight excluding hydrogens is 342 g/mol. The highest BCUT2D eigenvalue weighted by Gasteiger charge is 2.17. The molecule has 1 aromatic carbocycles. The third-order valence-electron chi connectivity index (χ3n) is 4.35. The number of rotatable bonds is 6. The summed E-state index contributed by atoms with van der Waals surface area (Å²) in [5.41, 5.74) is 2.81. The van der Waals surface area contributed by atoms with Crippen molar-refractivity contribution < 1.29 is 4.79 Å². The number of hydrogen-bond donors (Lipinski definition) is 2. The monoisotopic (exact) mass is 367 g/mol. The van der Waals surface area contributed by atoms with Crippen LogP contribution >= 0.6 is 0 Å². The zero-order chi connectivity index (χ0) is 19.4. The summed E-state index contributed by atoms with van der Waals surface area (Å²) in [6, 6.07) is 9.93. The second-order valence-corrected chi connectivity index (χ2v) is 6.68. The van der Waals surface area contributed by atoms with E-state index in [1.54, 1.807) is 11.0 Å². The Labute approximate surface area is 158 Å². The summed E-state index contributed by atoms with van der Waals surface area (Å²) in [5.74, 6) is 1.52. The average Bonchev–Trinajstić information content (AvgIpc) is 3.20. The first-order chi connectivity index (χ1) is 13.0. The lowest BCUT2D eigenvalue weighted by molar-refractivity contribution is 0.252. The van der Waals surface area contributed by atoms with Crippen LogP contribution in [0.5, 0.6) is 0 Å². The van der Waals surface area contributed by atoms with Crippen molar-refractivity contribution in [3.05, 3.63) is 48.2 Å². The van der Waals surface area contributed by atoms with Crippen molar-refractivity contribution in [2.45, 2.75) is 33.2 Å². The molecule has 2 amide bonds. The Morgan fingerprint density at radius 3 is 2.67 bits per heavy atom. The van der Waals surface area contributed by atoms with Crippen molar-refractivity contribution in [2.24, 2.45) is 7.05 Å². The molecule has 0 fully saturated rings. The standard InChI is InChI=1S/C19H25N7O/c1-13(2)26-12-21-23-16(26)10-11-20-19(27)22-18-17(14(3)24-25(18)4)15-8-6-5-7-9-15/h5-9,12-13H,10-11H2,1-4H3,(H2,20,22,27). The number of benzene rings is 1. The molecule has 0 saturated heterocycles. The zero-order valence-electron chi connectivity index (χ0n) is 16.1. The van der Waals surface area contributed by atoms with Crippen molar-refractivity contribution in [1.29, 1.82) is 0 Å². The quantitative estimate of drug-likeness (QED) is 0.701. The molecule has 0 atom stereocenters. The van der Waals surface area contributed by atoms with Crippen LogP contribution in [0, 0.1) is 6.92 Å². The fourth-order valence-electron chi connectivity index (χ4n) is 3.07. The molecule has 27 heavy (non-hydrogen) atoms. The summed E-state index contributed by atoms with van der Waals surface area (Å²) in [6.45, 7) is 6.55. The fraction of sp³-hybridized carbons (Fsp3) is 0.368. The topological polar surface area (TPSA) is 89.7 Å². The third kappa shape index (κ3) is 4.16. The van der Waals surface area contributed by atoms with Gasteiger partial charge < -0.3 is 9.88 Å². The van der Waals surface area contributed by atoms with Crippen molar-refractivity contribution >= 4 is 11.8 Å². The van der Waals surface area contributed by atoms with Gasteiger partial charge in [0.05, 0.1) is 5.69 Å². The van der Waals surface area contributed by atoms with Crippen molar-refractivity contribution in [2.75, 3.05) is 11.9 Å². The molecule has 0 aliphatic carbocycles. The van der Waals surface area contributed by atoms with E-state index in [9.17, 15) is 4.79 Å². The Morgan fingerprint density at radius 2 is 1.96 bits per heavy atom. The molecular formula is C19H25N7O. The molecule has 8 nitrogen and oxygen atoms in total. The minimum atomic E-state index is -0.272. The van der Waals surface area contributed by atoms with Gasteiger partial charge in [-0.1, -0.05) is 30.3 Å². The average molecular weight is 367 g/mol. The largest absolute Gasteiger partial charge is 0.337 e. The summed E-state index contributed by atoms with van der Waals surface area (Å²) in [6.07, 6.45) is 2.33. The lowest BCUT2D eigenvalue weighted by Crippen LogP contribution is -2.31. The second-order valence-electron chi connectivity index (χ2n) is 6.68. The highest BCUT2D eigenvalue weighted by Crippen LogP contribution is 2.30. The number of hydrogen-bond acceptors (Lipinski definition) is 4. The van der Waals surface area contributed by atoms with Crippen LogP contribution in [0.3, 0.4) is 0 Å². The first-order valence-electron chi connectivity index (χ1n) is 8.99. The van der Waals surface area contributed by atoms with Gasteiger partial charge in [-0.2, -0.15) is 5.10 Å². The predicted molar refractivity (Wildman–Crippen MR) is 105 cm³/mol. The number of carbonyl (C=O) groups excluding carboxylic acids is 1. The van der Waals surface area contributed by atoms with E-state index in [-0.39, 0.29) is 12.1 Å². The van der Waals surface area contributed by atoms with Gasteiger partial charge in [0.2, 0.25) is 0 Å². The maximum Gasteiger partial charge on any atom is 0.320 e. The Hall–Kier alpha value is -3.16. The van der Waals surface area contributed by atoms with Gasteiger partial charge in [0.25, 0.3) is 0 Å². The second kappa shape index (κ2) is 8.03. The Balaban J connectivity index is 1.66. The van der Waals surface area contributed by atoms with Gasteiger partial charge in [-0.15, -0.1) is 10.2 Å². The Bertz CT molecular complexity index is 912. The van der Waals surface area contributed by atoms with E-state index in [0.29, 0.717) is 18.8 Å². The van der Waals surface area contributed by atoms with Crippen molar-refractivity contribution in [3.8, 4) is 11.1 Å². The summed E-state index contributed by atoms with van der Waals surface area (Å²) in [7, 11) is 1.82. The molecule has 2 N–H and O–H groups in total. The predicted octanol–water partition coefficient (Wildman–Crippen LogP) is 2.93. The maximum atomic E-state index is 12.4. The molecule has 8 heteroatoms. The molecule has 2 aromatic heterocycles. The van der Waals surface area contributed by atoms with E-state index in [2.05, 4.69) is 39.8 Å². The van der Waals surface area contributed by atoms with E-state index in [0.717, 1.165) is 22.6 Å². The zero-order valence-corrected chi connectivity index (χ0v) is 16.1. The number of amides is 2. The highest BCUT2D eigenvalue weighted by molar-refractivity contribution is 5.93. The molecule has 2 heterocycles. The number of aromatic nitrogens is 5. The van der Waals surface area contributed by atoms with E-state index in [1.807, 2.05) is 48.9 Å². The van der Waals surface area contributed by atoms with Crippen LogP contribution in [0.2, 0.25) is 0 Å². The molecule has 0 aliphatic heterocycles. The molecule has 0 aliphatic rings. The molecule has 0 unspecified atom stereocenters. The van der Waals surface area contributed by atoms with Crippen LogP contribution in [-0.4, -0.2) is 37.1 Å². The number of urea groups is 1. The van der Waals surface area contributed by atoms with Crippen LogP contribution in [0.1, 0.15) is 31.4 Å². The van der Waals surface area contributed by atoms with Crippen LogP contribution in [0.15, 0.2) is 36.7 Å².